The van der Waals surface area contributed by atoms with E-state index in [4.69, 9.17) is 14.9 Å². The summed E-state index contributed by atoms with van der Waals surface area (Å²) in [7, 11) is 2.27. The molecule has 0 radical (unpaired) electrons. The SMILES string of the molecule is CN1C2CCC1CC(Oc1ncc(-c3ccc4sc5ccccc5c4c3)s1)C2.O=C(O)/C=C/C(=O)O. The average molecular weight is 523 g/mol. The largest absolute Gasteiger partial charge is 0.478 e. The van der Waals surface area contributed by atoms with Crippen molar-refractivity contribution in [1.29, 1.82) is 0 Å². The van der Waals surface area contributed by atoms with Crippen molar-refractivity contribution in [2.24, 2.45) is 0 Å². The third kappa shape index (κ3) is 5.28. The molecule has 2 aromatic heterocycles. The van der Waals surface area contributed by atoms with E-state index >= 15 is 0 Å². The molecule has 0 aliphatic carbocycles. The predicted octanol–water partition coefficient (Wildman–Crippen LogP) is 5.89. The summed E-state index contributed by atoms with van der Waals surface area (Å²) in [6.07, 6.45) is 8.31. The zero-order valence-corrected chi connectivity index (χ0v) is 21.3. The molecule has 36 heavy (non-hydrogen) atoms. The molecule has 2 atom stereocenters. The van der Waals surface area contributed by atoms with Crippen molar-refractivity contribution in [3.05, 3.63) is 60.8 Å². The number of nitrogens with zero attached hydrogens (tertiary/aromatic N) is 2. The van der Waals surface area contributed by atoms with Gasteiger partial charge in [0.15, 0.2) is 0 Å². The maximum absolute atomic E-state index is 9.55. The van der Waals surface area contributed by atoms with Crippen molar-refractivity contribution in [2.45, 2.75) is 43.9 Å². The number of carbonyl (C=O) groups is 2. The molecule has 2 aliphatic rings. The number of carboxylic acid groups (broad SMARTS) is 2. The Morgan fingerprint density at radius 3 is 2.33 bits per heavy atom. The number of carboxylic acids is 2. The van der Waals surface area contributed by atoms with Crippen LogP contribution in [0, 0.1) is 0 Å². The Morgan fingerprint density at radius 2 is 1.64 bits per heavy atom. The molecule has 7 nitrogen and oxygen atoms in total. The van der Waals surface area contributed by atoms with Crippen LogP contribution in [0.1, 0.15) is 25.7 Å². The van der Waals surface area contributed by atoms with Crippen LogP contribution < -0.4 is 4.74 Å². The monoisotopic (exact) mass is 522 g/mol. The van der Waals surface area contributed by atoms with Crippen molar-refractivity contribution in [3.63, 3.8) is 0 Å². The fourth-order valence-electron chi connectivity index (χ4n) is 5.07. The van der Waals surface area contributed by atoms with Gasteiger partial charge in [-0.15, -0.1) is 11.3 Å². The lowest BCUT2D eigenvalue weighted by atomic mass is 10.0. The van der Waals surface area contributed by atoms with E-state index in [9.17, 15) is 9.59 Å². The Balaban J connectivity index is 0.000000292. The number of aliphatic carboxylic acids is 2. The number of fused-ring (bicyclic) bond motifs is 5. The Morgan fingerprint density at radius 1 is 0.972 bits per heavy atom. The summed E-state index contributed by atoms with van der Waals surface area (Å²) in [5, 5.41) is 19.1. The van der Waals surface area contributed by atoms with Gasteiger partial charge in [0.1, 0.15) is 6.10 Å². The summed E-state index contributed by atoms with van der Waals surface area (Å²) in [5.41, 5.74) is 1.23. The molecule has 2 saturated heterocycles. The lowest BCUT2D eigenvalue weighted by molar-refractivity contribution is -0.134. The van der Waals surface area contributed by atoms with E-state index in [1.165, 1.54) is 43.5 Å². The summed E-state index contributed by atoms with van der Waals surface area (Å²) < 4.78 is 9.00. The minimum absolute atomic E-state index is 0.316. The number of ether oxygens (including phenoxy) is 1. The molecular formula is C27H26N2O5S2. The van der Waals surface area contributed by atoms with Gasteiger partial charge < -0.3 is 19.8 Å². The highest BCUT2D eigenvalue weighted by Gasteiger charge is 2.39. The Bertz CT molecular complexity index is 1410. The highest BCUT2D eigenvalue weighted by atomic mass is 32.1. The molecule has 2 bridgehead atoms. The molecule has 9 heteroatoms. The second kappa shape index (κ2) is 10.4. The summed E-state index contributed by atoms with van der Waals surface area (Å²) in [4.78, 5) is 27.4. The number of piperidine rings is 1. The van der Waals surface area contributed by atoms with Crippen LogP contribution in [0.15, 0.2) is 60.8 Å². The third-order valence-corrected chi connectivity index (χ3v) is 8.93. The van der Waals surface area contributed by atoms with Crippen LogP contribution in [0.4, 0.5) is 0 Å². The highest BCUT2D eigenvalue weighted by molar-refractivity contribution is 7.25. The van der Waals surface area contributed by atoms with Crippen molar-refractivity contribution in [2.75, 3.05) is 7.05 Å². The number of thiazole rings is 1. The number of benzene rings is 2. The van der Waals surface area contributed by atoms with Gasteiger partial charge in [0.25, 0.3) is 5.19 Å². The average Bonchev–Trinajstić information content (AvgIpc) is 3.52. The minimum atomic E-state index is -1.26. The fourth-order valence-corrected chi connectivity index (χ4v) is 6.98. The first kappa shape index (κ1) is 24.4. The van der Waals surface area contributed by atoms with Crippen LogP contribution in [-0.4, -0.2) is 57.3 Å². The van der Waals surface area contributed by atoms with Gasteiger partial charge in [0.05, 0.1) is 4.88 Å². The quantitative estimate of drug-likeness (QED) is 0.315. The molecule has 2 N–H and O–H groups in total. The molecule has 2 fully saturated rings. The Hall–Kier alpha value is -3.27. The normalized spacial score (nSPS) is 21.5. The summed E-state index contributed by atoms with van der Waals surface area (Å²) in [5.74, 6) is -2.51. The number of hydrogen-bond donors (Lipinski definition) is 2. The molecule has 0 amide bonds. The van der Waals surface area contributed by atoms with Crippen molar-refractivity contribution < 1.29 is 24.5 Å². The highest BCUT2D eigenvalue weighted by Crippen LogP contribution is 2.40. The predicted molar refractivity (Wildman–Crippen MR) is 143 cm³/mol. The second-order valence-corrected chi connectivity index (χ2v) is 11.1. The number of rotatable bonds is 5. The van der Waals surface area contributed by atoms with Gasteiger partial charge in [-0.25, -0.2) is 14.6 Å². The Kier molecular flexibility index (Phi) is 7.04. The van der Waals surface area contributed by atoms with E-state index in [1.807, 2.05) is 17.5 Å². The number of thiophene rings is 1. The molecular weight excluding hydrogens is 496 g/mol. The first-order chi connectivity index (χ1) is 17.4. The van der Waals surface area contributed by atoms with Gasteiger partial charge >= 0.3 is 11.9 Å². The molecule has 0 saturated carbocycles. The van der Waals surface area contributed by atoms with Gasteiger partial charge in [-0.3, -0.25) is 0 Å². The molecule has 6 rings (SSSR count). The minimum Gasteiger partial charge on any atom is -0.478 e. The third-order valence-electron chi connectivity index (χ3n) is 6.84. The van der Waals surface area contributed by atoms with Crippen LogP contribution >= 0.6 is 22.7 Å². The summed E-state index contributed by atoms with van der Waals surface area (Å²) in [6.45, 7) is 0. The summed E-state index contributed by atoms with van der Waals surface area (Å²) >= 11 is 3.54. The molecule has 2 aromatic carbocycles. The molecule has 4 aromatic rings. The topological polar surface area (TPSA) is 100.0 Å². The van der Waals surface area contributed by atoms with Crippen molar-refractivity contribution >= 4 is 54.8 Å². The molecule has 2 aliphatic heterocycles. The molecule has 186 valence electrons. The van der Waals surface area contributed by atoms with E-state index < -0.39 is 11.9 Å². The van der Waals surface area contributed by atoms with Gasteiger partial charge in [-0.2, -0.15) is 0 Å². The number of hydrogen-bond acceptors (Lipinski definition) is 7. The standard InChI is InChI=1S/C23H22N2OS2.C4H4O4/c1-25-15-7-8-16(25)12-17(11-15)26-23-24-13-22(28-23)14-6-9-21-19(10-14)18-4-2-3-5-20(18)27-21;5-3(6)1-2-4(7)8/h2-6,9-10,13,15-17H,7-8,11-12H2,1H3;1-2H,(H,5,6)(H,7,8)/b;2-1+. The molecule has 2 unspecified atom stereocenters. The zero-order chi connectivity index (χ0) is 25.2. The number of aromatic nitrogens is 1. The van der Waals surface area contributed by atoms with Gasteiger partial charge in [0, 0.05) is 50.6 Å². The van der Waals surface area contributed by atoms with Crippen LogP contribution in [0.25, 0.3) is 30.6 Å². The van der Waals surface area contributed by atoms with E-state index in [0.717, 1.165) is 18.0 Å². The van der Waals surface area contributed by atoms with E-state index in [2.05, 4.69) is 59.4 Å². The van der Waals surface area contributed by atoms with Crippen molar-refractivity contribution in [1.82, 2.24) is 9.88 Å². The first-order valence-corrected chi connectivity index (χ1v) is 13.4. The first-order valence-electron chi connectivity index (χ1n) is 11.8. The van der Waals surface area contributed by atoms with E-state index in [0.29, 0.717) is 30.3 Å². The Labute approximate surface area is 216 Å². The second-order valence-electron chi connectivity index (χ2n) is 9.07. The smallest absolute Gasteiger partial charge is 0.328 e. The summed E-state index contributed by atoms with van der Waals surface area (Å²) in [6, 6.07) is 16.8. The van der Waals surface area contributed by atoms with Crippen LogP contribution in [-0.2, 0) is 9.59 Å². The van der Waals surface area contributed by atoms with E-state index in [-0.39, 0.29) is 0 Å². The van der Waals surface area contributed by atoms with Crippen LogP contribution in [0.5, 0.6) is 5.19 Å². The maximum atomic E-state index is 9.55. The van der Waals surface area contributed by atoms with Gasteiger partial charge in [-0.05, 0) is 56.5 Å². The fraction of sp³-hybridized carbons (Fsp3) is 0.296. The maximum Gasteiger partial charge on any atom is 0.328 e. The van der Waals surface area contributed by atoms with E-state index in [1.54, 1.807) is 11.3 Å². The van der Waals surface area contributed by atoms with Crippen LogP contribution in [0.2, 0.25) is 0 Å². The van der Waals surface area contributed by atoms with Crippen LogP contribution in [0.3, 0.4) is 0 Å². The molecule has 0 spiro atoms. The lowest BCUT2D eigenvalue weighted by Gasteiger charge is -2.35. The van der Waals surface area contributed by atoms with Crippen molar-refractivity contribution in [3.8, 4) is 15.6 Å². The lowest BCUT2D eigenvalue weighted by Crippen LogP contribution is -2.43. The molecule has 4 heterocycles. The zero-order valence-electron chi connectivity index (χ0n) is 19.7. The van der Waals surface area contributed by atoms with Gasteiger partial charge in [0.2, 0.25) is 0 Å². The van der Waals surface area contributed by atoms with Gasteiger partial charge in [-0.1, -0.05) is 35.6 Å².